The molecule has 0 saturated heterocycles. The minimum absolute atomic E-state index is 0.181. The van der Waals surface area contributed by atoms with E-state index < -0.39 is 0 Å². The van der Waals surface area contributed by atoms with Crippen LogP contribution in [0.3, 0.4) is 0 Å². The number of hydrogen-bond acceptors (Lipinski definition) is 2. The number of anilines is 1. The van der Waals surface area contributed by atoms with Gasteiger partial charge in [0.2, 0.25) is 0 Å². The largest absolute Gasteiger partial charge is 0.374 e. The Morgan fingerprint density at radius 1 is 1.25 bits per heavy atom. The summed E-state index contributed by atoms with van der Waals surface area (Å²) < 4.78 is 13.0. The number of halogens is 1. The molecule has 2 rings (SSSR count). The summed E-state index contributed by atoms with van der Waals surface area (Å²) >= 11 is 0. The van der Waals surface area contributed by atoms with Crippen molar-refractivity contribution < 1.29 is 4.39 Å². The van der Waals surface area contributed by atoms with Gasteiger partial charge in [-0.1, -0.05) is 20.8 Å². The zero-order chi connectivity index (χ0) is 14.9. The number of rotatable bonds is 3. The van der Waals surface area contributed by atoms with Crippen LogP contribution in [0.4, 0.5) is 10.1 Å². The van der Waals surface area contributed by atoms with Crippen LogP contribution in [0.15, 0.2) is 24.3 Å². The van der Waals surface area contributed by atoms with Crippen molar-refractivity contribution in [3.63, 3.8) is 0 Å². The molecule has 3 atom stereocenters. The summed E-state index contributed by atoms with van der Waals surface area (Å²) in [5, 5.41) is 0. The SMILES string of the molecule is CC1C(N)CCC(CN(C)c2ccc(F)cc2)C1(C)C. The molecule has 0 aromatic heterocycles. The Bertz CT molecular complexity index is 441. The highest BCUT2D eigenvalue weighted by molar-refractivity contribution is 5.45. The Kier molecular flexibility index (Phi) is 4.38. The van der Waals surface area contributed by atoms with E-state index in [0.717, 1.165) is 18.7 Å². The van der Waals surface area contributed by atoms with E-state index in [1.807, 2.05) is 12.1 Å². The van der Waals surface area contributed by atoms with Crippen LogP contribution in [0.2, 0.25) is 0 Å². The number of nitrogens with zero attached hydrogens (tertiary/aromatic N) is 1. The zero-order valence-electron chi connectivity index (χ0n) is 13.1. The Morgan fingerprint density at radius 2 is 1.85 bits per heavy atom. The lowest BCUT2D eigenvalue weighted by atomic mass is 9.61. The van der Waals surface area contributed by atoms with Gasteiger partial charge in [0, 0.05) is 25.3 Å². The standard InChI is InChI=1S/C17H27FN2/c1-12-16(19)10-5-13(17(12,2)3)11-20(4)15-8-6-14(18)7-9-15/h6-9,12-13,16H,5,10-11,19H2,1-4H3. The maximum atomic E-state index is 13.0. The summed E-state index contributed by atoms with van der Waals surface area (Å²) in [5.41, 5.74) is 7.54. The lowest BCUT2D eigenvalue weighted by molar-refractivity contribution is 0.0588. The third-order valence-electron chi connectivity index (χ3n) is 5.48. The van der Waals surface area contributed by atoms with Crippen molar-refractivity contribution >= 4 is 5.69 Å². The van der Waals surface area contributed by atoms with Crippen molar-refractivity contribution in [3.05, 3.63) is 30.1 Å². The zero-order valence-corrected chi connectivity index (χ0v) is 13.1. The van der Waals surface area contributed by atoms with Gasteiger partial charge in [0.25, 0.3) is 0 Å². The van der Waals surface area contributed by atoms with Crippen LogP contribution < -0.4 is 10.6 Å². The van der Waals surface area contributed by atoms with E-state index in [4.69, 9.17) is 5.73 Å². The number of benzene rings is 1. The van der Waals surface area contributed by atoms with Crippen molar-refractivity contribution in [2.75, 3.05) is 18.5 Å². The van der Waals surface area contributed by atoms with Crippen molar-refractivity contribution in [2.24, 2.45) is 23.0 Å². The Labute approximate surface area is 122 Å². The molecular weight excluding hydrogens is 251 g/mol. The fourth-order valence-electron chi connectivity index (χ4n) is 3.40. The van der Waals surface area contributed by atoms with Crippen molar-refractivity contribution in [2.45, 2.75) is 39.7 Å². The molecule has 2 nitrogen and oxygen atoms in total. The Morgan fingerprint density at radius 3 is 2.45 bits per heavy atom. The third kappa shape index (κ3) is 2.98. The topological polar surface area (TPSA) is 29.3 Å². The second kappa shape index (κ2) is 5.72. The molecular formula is C17H27FN2. The molecule has 0 spiro atoms. The van der Waals surface area contributed by atoms with Gasteiger partial charge in [-0.25, -0.2) is 4.39 Å². The molecule has 20 heavy (non-hydrogen) atoms. The highest BCUT2D eigenvalue weighted by Gasteiger charge is 2.41. The number of nitrogens with two attached hydrogens (primary N) is 1. The van der Waals surface area contributed by atoms with Crippen LogP contribution in [0.25, 0.3) is 0 Å². The molecule has 0 heterocycles. The van der Waals surface area contributed by atoms with Gasteiger partial charge in [-0.2, -0.15) is 0 Å². The Hall–Kier alpha value is -1.09. The average molecular weight is 278 g/mol. The fourth-order valence-corrected chi connectivity index (χ4v) is 3.40. The highest BCUT2D eigenvalue weighted by atomic mass is 19.1. The van der Waals surface area contributed by atoms with Crippen LogP contribution in [-0.2, 0) is 0 Å². The first kappa shape index (κ1) is 15.3. The van der Waals surface area contributed by atoms with Crippen molar-refractivity contribution in [1.29, 1.82) is 0 Å². The van der Waals surface area contributed by atoms with Gasteiger partial charge in [-0.3, -0.25) is 0 Å². The van der Waals surface area contributed by atoms with Crippen LogP contribution in [0.5, 0.6) is 0 Å². The molecule has 1 fully saturated rings. The lowest BCUT2D eigenvalue weighted by Crippen LogP contribution is -2.49. The van der Waals surface area contributed by atoms with Crippen LogP contribution in [0, 0.1) is 23.1 Å². The molecule has 1 aromatic rings. The molecule has 2 N–H and O–H groups in total. The van der Waals surface area contributed by atoms with Gasteiger partial charge in [0.15, 0.2) is 0 Å². The summed E-state index contributed by atoms with van der Waals surface area (Å²) in [5.74, 6) is 0.968. The Balaban J connectivity index is 2.07. The molecule has 3 heteroatoms. The quantitative estimate of drug-likeness (QED) is 0.914. The minimum atomic E-state index is -0.181. The predicted molar refractivity (Wildman–Crippen MR) is 83.3 cm³/mol. The predicted octanol–water partition coefficient (Wildman–Crippen LogP) is 3.66. The molecule has 112 valence electrons. The summed E-state index contributed by atoms with van der Waals surface area (Å²) in [6.07, 6.45) is 2.27. The molecule has 3 unspecified atom stereocenters. The first-order chi connectivity index (χ1) is 9.32. The molecule has 1 aliphatic rings. The molecule has 1 aliphatic carbocycles. The van der Waals surface area contributed by atoms with Crippen molar-refractivity contribution in [1.82, 2.24) is 0 Å². The summed E-state index contributed by atoms with van der Waals surface area (Å²) in [6, 6.07) is 7.06. The fraction of sp³-hybridized carbons (Fsp3) is 0.647. The smallest absolute Gasteiger partial charge is 0.123 e. The van der Waals surface area contributed by atoms with Crippen LogP contribution >= 0.6 is 0 Å². The second-order valence-electron chi connectivity index (χ2n) is 6.91. The lowest BCUT2D eigenvalue weighted by Gasteiger charge is -2.48. The van der Waals surface area contributed by atoms with Gasteiger partial charge in [0.1, 0.15) is 5.82 Å². The molecule has 0 amide bonds. The van der Waals surface area contributed by atoms with Crippen LogP contribution in [-0.4, -0.2) is 19.6 Å². The van der Waals surface area contributed by atoms with E-state index in [1.165, 1.54) is 18.6 Å². The van der Waals surface area contributed by atoms with Gasteiger partial charge in [-0.15, -0.1) is 0 Å². The monoisotopic (exact) mass is 278 g/mol. The first-order valence-electron chi connectivity index (χ1n) is 7.54. The molecule has 0 radical (unpaired) electrons. The third-order valence-corrected chi connectivity index (χ3v) is 5.48. The number of hydrogen-bond donors (Lipinski definition) is 1. The minimum Gasteiger partial charge on any atom is -0.374 e. The van der Waals surface area contributed by atoms with E-state index in [0.29, 0.717) is 17.9 Å². The maximum Gasteiger partial charge on any atom is 0.123 e. The van der Waals surface area contributed by atoms with E-state index in [9.17, 15) is 4.39 Å². The van der Waals surface area contributed by atoms with E-state index >= 15 is 0 Å². The van der Waals surface area contributed by atoms with Gasteiger partial charge in [0.05, 0.1) is 0 Å². The molecule has 0 bridgehead atoms. The summed E-state index contributed by atoms with van der Waals surface area (Å²) in [7, 11) is 2.09. The van der Waals surface area contributed by atoms with Crippen LogP contribution in [0.1, 0.15) is 33.6 Å². The van der Waals surface area contributed by atoms with E-state index in [2.05, 4.69) is 32.7 Å². The normalized spacial score (nSPS) is 29.2. The van der Waals surface area contributed by atoms with Crippen molar-refractivity contribution in [3.8, 4) is 0 Å². The maximum absolute atomic E-state index is 13.0. The summed E-state index contributed by atoms with van der Waals surface area (Å²) in [4.78, 5) is 2.23. The van der Waals surface area contributed by atoms with Gasteiger partial charge in [-0.05, 0) is 54.4 Å². The summed E-state index contributed by atoms with van der Waals surface area (Å²) in [6.45, 7) is 7.93. The molecule has 1 aromatic carbocycles. The molecule has 1 saturated carbocycles. The highest BCUT2D eigenvalue weighted by Crippen LogP contribution is 2.44. The van der Waals surface area contributed by atoms with E-state index in [1.54, 1.807) is 0 Å². The average Bonchev–Trinajstić information content (AvgIpc) is 2.40. The molecule has 0 aliphatic heterocycles. The second-order valence-corrected chi connectivity index (χ2v) is 6.91. The van der Waals surface area contributed by atoms with Gasteiger partial charge >= 0.3 is 0 Å². The van der Waals surface area contributed by atoms with Gasteiger partial charge < -0.3 is 10.6 Å². The van der Waals surface area contributed by atoms with E-state index in [-0.39, 0.29) is 11.2 Å². The first-order valence-corrected chi connectivity index (χ1v) is 7.54.